The third kappa shape index (κ3) is 3.81. The summed E-state index contributed by atoms with van der Waals surface area (Å²) in [6.07, 6.45) is 7.09. The molecule has 0 N–H and O–H groups in total. The van der Waals surface area contributed by atoms with Gasteiger partial charge in [-0.2, -0.15) is 0 Å². The number of halogens is 2. The first-order valence-corrected chi connectivity index (χ1v) is 9.75. The van der Waals surface area contributed by atoms with Crippen LogP contribution >= 0.6 is 35.0 Å². The van der Waals surface area contributed by atoms with E-state index < -0.39 is 12.0 Å². The van der Waals surface area contributed by atoms with Crippen LogP contribution in [-0.4, -0.2) is 29.3 Å². The number of terminal acetylenes is 1. The van der Waals surface area contributed by atoms with Crippen LogP contribution in [0.4, 0.5) is 0 Å². The second-order valence-corrected chi connectivity index (χ2v) is 7.32. The lowest BCUT2D eigenvalue weighted by molar-refractivity contribution is -0.139. The number of benzene rings is 1. The molecule has 1 aromatic carbocycles. The molecule has 2 aliphatic rings. The van der Waals surface area contributed by atoms with Gasteiger partial charge < -0.3 is 14.4 Å². The smallest absolute Gasteiger partial charge is 0.338 e. The molecule has 0 unspecified atom stereocenters. The Hall–Kier alpha value is -2.07. The number of rotatable bonds is 5. The van der Waals surface area contributed by atoms with Crippen molar-refractivity contribution in [3.8, 4) is 18.1 Å². The normalized spacial score (nSPS) is 18.1. The Kier molecular flexibility index (Phi) is 6.05. The Balaban J connectivity index is 2.09. The molecule has 140 valence electrons. The molecule has 0 saturated carbocycles. The fourth-order valence-corrected chi connectivity index (χ4v) is 4.29. The van der Waals surface area contributed by atoms with Gasteiger partial charge in [0, 0.05) is 6.20 Å². The molecule has 1 atom stereocenters. The second kappa shape index (κ2) is 8.30. The summed E-state index contributed by atoms with van der Waals surface area (Å²) in [6.45, 7) is 3.87. The molecule has 27 heavy (non-hydrogen) atoms. The third-order valence-electron chi connectivity index (χ3n) is 3.95. The first kappa shape index (κ1) is 19.7. The van der Waals surface area contributed by atoms with E-state index >= 15 is 0 Å². The molecule has 0 radical (unpaired) electrons. The number of ether oxygens (including phenoxy) is 2. The van der Waals surface area contributed by atoms with E-state index in [1.807, 2.05) is 16.5 Å². The molecule has 2 heterocycles. The molecular formula is C19H16Cl2N2O3S. The number of carbonyl (C=O) groups is 1. The van der Waals surface area contributed by atoms with Crippen molar-refractivity contribution in [2.45, 2.75) is 19.9 Å². The van der Waals surface area contributed by atoms with Gasteiger partial charge in [-0.3, -0.25) is 0 Å². The van der Waals surface area contributed by atoms with E-state index in [1.165, 1.54) is 11.8 Å². The van der Waals surface area contributed by atoms with E-state index in [0.717, 1.165) is 10.7 Å². The predicted molar refractivity (Wildman–Crippen MR) is 109 cm³/mol. The second-order valence-electron chi connectivity index (χ2n) is 5.63. The zero-order valence-electron chi connectivity index (χ0n) is 14.7. The van der Waals surface area contributed by atoms with Crippen LogP contribution in [0, 0.1) is 12.3 Å². The summed E-state index contributed by atoms with van der Waals surface area (Å²) in [7, 11) is 0. The zero-order valence-corrected chi connectivity index (χ0v) is 17.0. The van der Waals surface area contributed by atoms with Crippen molar-refractivity contribution in [2.24, 2.45) is 4.99 Å². The number of carbonyl (C=O) groups excluding carboxylic acids is 1. The van der Waals surface area contributed by atoms with Crippen molar-refractivity contribution < 1.29 is 14.3 Å². The number of fused-ring (bicyclic) bond motifs is 1. The highest BCUT2D eigenvalue weighted by Crippen LogP contribution is 2.44. The van der Waals surface area contributed by atoms with Crippen LogP contribution in [0.1, 0.15) is 25.5 Å². The van der Waals surface area contributed by atoms with Crippen LogP contribution in [0.3, 0.4) is 0 Å². The van der Waals surface area contributed by atoms with Crippen molar-refractivity contribution in [1.82, 2.24) is 4.90 Å². The molecule has 0 fully saturated rings. The van der Waals surface area contributed by atoms with Crippen LogP contribution < -0.4 is 4.74 Å². The number of thioether (sulfide) groups is 1. The van der Waals surface area contributed by atoms with E-state index in [4.69, 9.17) is 39.1 Å². The number of esters is 1. The third-order valence-corrected chi connectivity index (χ3v) is 5.28. The first-order valence-electron chi connectivity index (χ1n) is 8.11. The van der Waals surface area contributed by atoms with E-state index in [9.17, 15) is 4.79 Å². The van der Waals surface area contributed by atoms with Crippen molar-refractivity contribution in [2.75, 3.05) is 13.2 Å². The van der Waals surface area contributed by atoms with Crippen molar-refractivity contribution >= 4 is 46.1 Å². The van der Waals surface area contributed by atoms with Gasteiger partial charge in [-0.25, -0.2) is 9.79 Å². The minimum absolute atomic E-state index is 0.0532. The molecule has 0 spiro atoms. The minimum Gasteiger partial charge on any atom is -0.478 e. The lowest BCUT2D eigenvalue weighted by Crippen LogP contribution is -2.34. The highest BCUT2D eigenvalue weighted by Gasteiger charge is 2.38. The summed E-state index contributed by atoms with van der Waals surface area (Å²) in [5.74, 6) is 2.27. The number of hydrogen-bond acceptors (Lipinski definition) is 6. The molecule has 1 aromatic rings. The average molecular weight is 423 g/mol. The number of allylic oxidation sites excluding steroid dienone is 1. The first-order chi connectivity index (χ1) is 13.0. The Labute approximate surface area is 172 Å². The quantitative estimate of drug-likeness (QED) is 0.504. The van der Waals surface area contributed by atoms with Crippen molar-refractivity contribution in [3.05, 3.63) is 50.6 Å². The molecule has 0 aromatic heterocycles. The van der Waals surface area contributed by atoms with Gasteiger partial charge in [0.2, 0.25) is 0 Å². The molecule has 0 bridgehead atoms. The standard InChI is InChI=1S/C19H16Cl2N2O3S/c1-4-7-26-17-13(20)9-12(10-14(17)21)16-15(18(24)25-5-2)11(3)22-19-23(16)6-8-27-19/h1,6,8-10,16H,5,7H2,2-3H3/t16-/m1/s1. The number of aliphatic imine (C=N–C) groups is 1. The maximum absolute atomic E-state index is 12.6. The Morgan fingerprint density at radius 3 is 2.74 bits per heavy atom. The predicted octanol–water partition coefficient (Wildman–Crippen LogP) is 4.77. The fraction of sp³-hybridized carbons (Fsp3) is 0.263. The maximum atomic E-state index is 12.6. The van der Waals surface area contributed by atoms with Crippen molar-refractivity contribution in [1.29, 1.82) is 0 Å². The SMILES string of the molecule is C#CCOc1c(Cl)cc([C@@H]2C(C(=O)OCC)=C(C)N=C3SC=CN32)cc1Cl. The number of amidine groups is 1. The van der Waals surface area contributed by atoms with E-state index in [-0.39, 0.29) is 13.2 Å². The summed E-state index contributed by atoms with van der Waals surface area (Å²) in [5.41, 5.74) is 1.76. The molecule has 0 aliphatic carbocycles. The number of hydrogen-bond donors (Lipinski definition) is 0. The van der Waals surface area contributed by atoms with Crippen LogP contribution in [0.2, 0.25) is 10.0 Å². The molecule has 5 nitrogen and oxygen atoms in total. The highest BCUT2D eigenvalue weighted by atomic mass is 35.5. The molecule has 2 aliphatic heterocycles. The molecular weight excluding hydrogens is 407 g/mol. The Morgan fingerprint density at radius 2 is 2.11 bits per heavy atom. The Morgan fingerprint density at radius 1 is 1.41 bits per heavy atom. The lowest BCUT2D eigenvalue weighted by Gasteiger charge is -2.33. The topological polar surface area (TPSA) is 51.1 Å². The van der Waals surface area contributed by atoms with Gasteiger partial charge in [0.15, 0.2) is 10.9 Å². The van der Waals surface area contributed by atoms with Crippen LogP contribution in [0.15, 0.2) is 40.0 Å². The largest absolute Gasteiger partial charge is 0.478 e. The molecule has 8 heteroatoms. The average Bonchev–Trinajstić information content (AvgIpc) is 3.07. The summed E-state index contributed by atoms with van der Waals surface area (Å²) in [5, 5.41) is 3.30. The van der Waals surface area contributed by atoms with Gasteiger partial charge in [0.25, 0.3) is 0 Å². The van der Waals surface area contributed by atoms with Gasteiger partial charge in [0.1, 0.15) is 6.61 Å². The molecule has 0 saturated heterocycles. The van der Waals surface area contributed by atoms with E-state index in [0.29, 0.717) is 27.1 Å². The van der Waals surface area contributed by atoms with E-state index in [2.05, 4.69) is 10.9 Å². The fourth-order valence-electron chi connectivity index (χ4n) is 2.89. The van der Waals surface area contributed by atoms with Gasteiger partial charge >= 0.3 is 5.97 Å². The summed E-state index contributed by atoms with van der Waals surface area (Å²) >= 11 is 14.2. The van der Waals surface area contributed by atoms with Crippen molar-refractivity contribution in [3.63, 3.8) is 0 Å². The van der Waals surface area contributed by atoms with Crippen LogP contribution in [0.25, 0.3) is 0 Å². The summed E-state index contributed by atoms with van der Waals surface area (Å²) in [6, 6.07) is 2.98. The highest BCUT2D eigenvalue weighted by molar-refractivity contribution is 8.16. The van der Waals surface area contributed by atoms with Crippen LogP contribution in [0.5, 0.6) is 5.75 Å². The van der Waals surface area contributed by atoms with Gasteiger partial charge in [-0.05, 0) is 37.0 Å². The zero-order chi connectivity index (χ0) is 19.6. The van der Waals surface area contributed by atoms with Gasteiger partial charge in [-0.1, -0.05) is 40.9 Å². The van der Waals surface area contributed by atoms with E-state index in [1.54, 1.807) is 26.0 Å². The molecule has 0 amide bonds. The van der Waals surface area contributed by atoms with Crippen LogP contribution in [-0.2, 0) is 9.53 Å². The Bertz CT molecular complexity index is 895. The summed E-state index contributed by atoms with van der Waals surface area (Å²) < 4.78 is 10.7. The van der Waals surface area contributed by atoms with Gasteiger partial charge in [-0.15, -0.1) is 6.42 Å². The minimum atomic E-state index is -0.459. The molecule has 3 rings (SSSR count). The number of nitrogens with zero attached hydrogens (tertiary/aromatic N) is 2. The summed E-state index contributed by atoms with van der Waals surface area (Å²) in [4.78, 5) is 19.1. The maximum Gasteiger partial charge on any atom is 0.338 e. The lowest BCUT2D eigenvalue weighted by atomic mass is 9.94. The van der Waals surface area contributed by atoms with Gasteiger partial charge in [0.05, 0.1) is 34.0 Å². The monoisotopic (exact) mass is 422 g/mol.